The second kappa shape index (κ2) is 9.23. The lowest BCUT2D eigenvalue weighted by Crippen LogP contribution is -2.42. The lowest BCUT2D eigenvalue weighted by molar-refractivity contribution is -0.274. The quantitative estimate of drug-likeness (QED) is 0.664. The van der Waals surface area contributed by atoms with Crippen LogP contribution in [0.25, 0.3) is 0 Å². The van der Waals surface area contributed by atoms with E-state index in [2.05, 4.69) is 10.1 Å². The van der Waals surface area contributed by atoms with E-state index in [0.29, 0.717) is 5.69 Å². The molecule has 0 aromatic heterocycles. The molecule has 1 saturated heterocycles. The number of benzene rings is 2. The van der Waals surface area contributed by atoms with Crippen LogP contribution in [0.15, 0.2) is 48.5 Å². The molecular weight excluding hydrogens is 440 g/mol. The standard InChI is InChI=1S/C20H20F4N2O4S/c21-18-4-2-1-3-15(18)13-31(28,29)26-11-9-14(10-12-26)19(27)25-16-5-7-17(8-6-16)30-20(22,23)24/h1-8,14H,9-13H2,(H,25,27). The highest BCUT2D eigenvalue weighted by Crippen LogP contribution is 2.26. The minimum absolute atomic E-state index is 0.0836. The van der Waals surface area contributed by atoms with Gasteiger partial charge in [0.05, 0.1) is 5.75 Å². The van der Waals surface area contributed by atoms with Crippen LogP contribution in [0.1, 0.15) is 18.4 Å². The number of halogens is 4. The highest BCUT2D eigenvalue weighted by molar-refractivity contribution is 7.88. The molecule has 2 aromatic carbocycles. The van der Waals surface area contributed by atoms with E-state index in [-0.39, 0.29) is 37.4 Å². The summed E-state index contributed by atoms with van der Waals surface area (Å²) >= 11 is 0. The van der Waals surface area contributed by atoms with Crippen molar-refractivity contribution in [3.63, 3.8) is 0 Å². The summed E-state index contributed by atoms with van der Waals surface area (Å²) in [5, 5.41) is 2.61. The summed E-state index contributed by atoms with van der Waals surface area (Å²) in [5.74, 6) is -2.25. The highest BCUT2D eigenvalue weighted by atomic mass is 32.2. The van der Waals surface area contributed by atoms with Crippen molar-refractivity contribution in [2.75, 3.05) is 18.4 Å². The van der Waals surface area contributed by atoms with Gasteiger partial charge in [-0.15, -0.1) is 13.2 Å². The maximum absolute atomic E-state index is 13.8. The van der Waals surface area contributed by atoms with Crippen molar-refractivity contribution in [1.82, 2.24) is 4.31 Å². The van der Waals surface area contributed by atoms with Gasteiger partial charge in [-0.1, -0.05) is 18.2 Å². The van der Waals surface area contributed by atoms with Crippen molar-refractivity contribution < 1.29 is 35.5 Å². The summed E-state index contributed by atoms with van der Waals surface area (Å²) in [5.41, 5.74) is 0.384. The number of anilines is 1. The molecule has 2 aromatic rings. The van der Waals surface area contributed by atoms with Crippen molar-refractivity contribution in [3.8, 4) is 5.75 Å². The number of nitrogens with one attached hydrogen (secondary N) is 1. The molecule has 1 aliphatic heterocycles. The summed E-state index contributed by atoms with van der Waals surface area (Å²) in [6, 6.07) is 10.4. The Morgan fingerprint density at radius 3 is 2.26 bits per heavy atom. The summed E-state index contributed by atoms with van der Waals surface area (Å²) in [7, 11) is -3.73. The Hall–Kier alpha value is -2.66. The van der Waals surface area contributed by atoms with Crippen LogP contribution < -0.4 is 10.1 Å². The first kappa shape index (κ1) is 23.0. The first-order valence-electron chi connectivity index (χ1n) is 9.41. The number of ether oxygens (including phenoxy) is 1. The van der Waals surface area contributed by atoms with Gasteiger partial charge in [0.2, 0.25) is 15.9 Å². The minimum Gasteiger partial charge on any atom is -0.406 e. The fraction of sp³-hybridized carbons (Fsp3) is 0.350. The zero-order chi connectivity index (χ0) is 22.6. The van der Waals surface area contributed by atoms with Gasteiger partial charge in [0.15, 0.2) is 0 Å². The third kappa shape index (κ3) is 6.41. The Labute approximate surface area is 176 Å². The number of hydrogen-bond donors (Lipinski definition) is 1. The van der Waals surface area contributed by atoms with E-state index >= 15 is 0 Å². The first-order valence-corrected chi connectivity index (χ1v) is 11.0. The van der Waals surface area contributed by atoms with E-state index in [1.807, 2.05) is 0 Å². The van der Waals surface area contributed by atoms with Crippen LogP contribution in [0.3, 0.4) is 0 Å². The van der Waals surface area contributed by atoms with Gasteiger partial charge >= 0.3 is 6.36 Å². The number of piperidine rings is 1. The second-order valence-electron chi connectivity index (χ2n) is 7.08. The summed E-state index contributed by atoms with van der Waals surface area (Å²) < 4.78 is 80.5. The summed E-state index contributed by atoms with van der Waals surface area (Å²) in [4.78, 5) is 12.4. The van der Waals surface area contributed by atoms with Gasteiger partial charge in [-0.3, -0.25) is 4.79 Å². The number of amides is 1. The molecule has 31 heavy (non-hydrogen) atoms. The molecule has 0 saturated carbocycles. The van der Waals surface area contributed by atoms with E-state index < -0.39 is 39.6 Å². The maximum Gasteiger partial charge on any atom is 0.573 e. The normalized spacial score (nSPS) is 16.1. The molecule has 0 radical (unpaired) electrons. The van der Waals surface area contributed by atoms with Crippen molar-refractivity contribution >= 4 is 21.6 Å². The fourth-order valence-electron chi connectivity index (χ4n) is 3.28. The molecule has 0 bridgehead atoms. The highest BCUT2D eigenvalue weighted by Gasteiger charge is 2.32. The molecule has 1 N–H and O–H groups in total. The predicted octanol–water partition coefficient (Wildman–Crippen LogP) is 3.90. The Morgan fingerprint density at radius 1 is 1.06 bits per heavy atom. The number of alkyl halides is 3. The van der Waals surface area contributed by atoms with Gasteiger partial charge < -0.3 is 10.1 Å². The number of rotatable bonds is 6. The van der Waals surface area contributed by atoms with Crippen LogP contribution in [-0.4, -0.2) is 38.1 Å². The van der Waals surface area contributed by atoms with Crippen LogP contribution in [0, 0.1) is 11.7 Å². The lowest BCUT2D eigenvalue weighted by atomic mass is 9.97. The molecule has 0 spiro atoms. The molecule has 1 aliphatic rings. The van der Waals surface area contributed by atoms with E-state index in [4.69, 9.17) is 0 Å². The zero-order valence-electron chi connectivity index (χ0n) is 16.2. The second-order valence-corrected chi connectivity index (χ2v) is 9.05. The van der Waals surface area contributed by atoms with Gasteiger partial charge in [0, 0.05) is 30.3 Å². The summed E-state index contributed by atoms with van der Waals surface area (Å²) in [6.45, 7) is 0.237. The Bertz CT molecular complexity index is 1020. The molecule has 1 heterocycles. The number of nitrogens with zero attached hydrogens (tertiary/aromatic N) is 1. The van der Waals surface area contributed by atoms with Gasteiger partial charge in [-0.25, -0.2) is 17.1 Å². The molecule has 168 valence electrons. The molecule has 1 amide bonds. The predicted molar refractivity (Wildman–Crippen MR) is 105 cm³/mol. The first-order chi connectivity index (χ1) is 14.5. The number of carbonyl (C=O) groups excluding carboxylic acids is 1. The number of hydrogen-bond acceptors (Lipinski definition) is 4. The molecule has 11 heteroatoms. The van der Waals surface area contributed by atoms with Gasteiger partial charge in [0.1, 0.15) is 11.6 Å². The zero-order valence-corrected chi connectivity index (χ0v) is 17.0. The van der Waals surface area contributed by atoms with Gasteiger partial charge in [-0.2, -0.15) is 0 Å². The topological polar surface area (TPSA) is 75.7 Å². The van der Waals surface area contributed by atoms with Gasteiger partial charge in [-0.05, 0) is 43.2 Å². The van der Waals surface area contributed by atoms with Crippen molar-refractivity contribution in [3.05, 3.63) is 59.9 Å². The summed E-state index contributed by atoms with van der Waals surface area (Å²) in [6.07, 6.45) is -4.25. The van der Waals surface area contributed by atoms with Crippen molar-refractivity contribution in [2.45, 2.75) is 25.0 Å². The molecule has 6 nitrogen and oxygen atoms in total. The van der Waals surface area contributed by atoms with Crippen LogP contribution in [-0.2, 0) is 20.6 Å². The molecule has 0 unspecified atom stereocenters. The Kier molecular flexibility index (Phi) is 6.85. The molecule has 3 rings (SSSR count). The minimum atomic E-state index is -4.80. The fourth-order valence-corrected chi connectivity index (χ4v) is 4.86. The third-order valence-electron chi connectivity index (χ3n) is 4.87. The lowest BCUT2D eigenvalue weighted by Gasteiger charge is -2.30. The number of sulfonamides is 1. The smallest absolute Gasteiger partial charge is 0.406 e. The molecule has 1 fully saturated rings. The van der Waals surface area contributed by atoms with Gasteiger partial charge in [0.25, 0.3) is 0 Å². The van der Waals surface area contributed by atoms with E-state index in [9.17, 15) is 30.8 Å². The van der Waals surface area contributed by atoms with Crippen LogP contribution in [0.2, 0.25) is 0 Å². The van der Waals surface area contributed by atoms with E-state index in [0.717, 1.165) is 12.1 Å². The maximum atomic E-state index is 13.8. The monoisotopic (exact) mass is 460 g/mol. The molecule has 0 atom stereocenters. The Morgan fingerprint density at radius 2 is 1.68 bits per heavy atom. The third-order valence-corrected chi connectivity index (χ3v) is 6.70. The van der Waals surface area contributed by atoms with Crippen molar-refractivity contribution in [2.24, 2.45) is 5.92 Å². The molecular formula is C20H20F4N2O4S. The van der Waals surface area contributed by atoms with Crippen LogP contribution in [0.5, 0.6) is 5.75 Å². The van der Waals surface area contributed by atoms with Crippen LogP contribution >= 0.6 is 0 Å². The van der Waals surface area contributed by atoms with Crippen LogP contribution in [0.4, 0.5) is 23.2 Å². The van der Waals surface area contributed by atoms with Crippen molar-refractivity contribution in [1.29, 1.82) is 0 Å². The molecule has 0 aliphatic carbocycles. The Balaban J connectivity index is 1.53. The largest absolute Gasteiger partial charge is 0.573 e. The van der Waals surface area contributed by atoms with E-state index in [1.165, 1.54) is 34.6 Å². The SMILES string of the molecule is O=C(Nc1ccc(OC(F)(F)F)cc1)C1CCN(S(=O)(=O)Cc2ccccc2F)CC1. The average molecular weight is 460 g/mol. The average Bonchev–Trinajstić information content (AvgIpc) is 2.70. The number of carbonyl (C=O) groups is 1. The van der Waals surface area contributed by atoms with E-state index in [1.54, 1.807) is 6.07 Å².